The Labute approximate surface area is 248 Å². The maximum Gasteiger partial charge on any atom is 0.227 e. The third-order valence-electron chi connectivity index (χ3n) is 8.37. The zero-order valence-electron chi connectivity index (χ0n) is 25.0. The van der Waals surface area contributed by atoms with Crippen LogP contribution in [0.2, 0.25) is 0 Å². The number of pyridine rings is 1. The molecule has 0 spiro atoms. The molecule has 12 heteroatoms. The Bertz CT molecular complexity index is 1500. The molecule has 0 saturated carbocycles. The summed E-state index contributed by atoms with van der Waals surface area (Å²) in [7, 11) is -1.34. The molecule has 2 saturated heterocycles. The molecular weight excluding hydrogens is 556 g/mol. The molecule has 2 fully saturated rings. The highest BCUT2D eigenvalue weighted by Gasteiger charge is 2.38. The highest BCUT2D eigenvalue weighted by molar-refractivity contribution is 7.90. The lowest BCUT2D eigenvalue weighted by molar-refractivity contribution is -0.0707. The van der Waals surface area contributed by atoms with Crippen molar-refractivity contribution < 1.29 is 23.0 Å². The Morgan fingerprint density at radius 2 is 1.93 bits per heavy atom. The monoisotopic (exact) mass is 598 g/mol. The van der Waals surface area contributed by atoms with Gasteiger partial charge in [-0.3, -0.25) is 0 Å². The molecule has 0 aliphatic carbocycles. The molecule has 3 aromatic rings. The van der Waals surface area contributed by atoms with Crippen LogP contribution < -0.4 is 15.1 Å². The first-order chi connectivity index (χ1) is 20.1. The molecule has 2 aromatic heterocycles. The van der Waals surface area contributed by atoms with Crippen LogP contribution in [0.3, 0.4) is 0 Å². The van der Waals surface area contributed by atoms with Crippen LogP contribution in [0.25, 0.3) is 10.8 Å². The first kappa shape index (κ1) is 30.4. The lowest BCUT2D eigenvalue weighted by atomic mass is 9.88. The van der Waals surface area contributed by atoms with Crippen molar-refractivity contribution in [1.82, 2.24) is 15.0 Å². The average molecular weight is 599 g/mol. The summed E-state index contributed by atoms with van der Waals surface area (Å²) in [6.07, 6.45) is 5.48. The highest BCUT2D eigenvalue weighted by Crippen LogP contribution is 2.39. The van der Waals surface area contributed by atoms with E-state index in [0.717, 1.165) is 29.4 Å². The quantitative estimate of drug-likeness (QED) is 0.337. The molecule has 11 nitrogen and oxygen atoms in total. The van der Waals surface area contributed by atoms with E-state index in [1.807, 2.05) is 12.3 Å². The summed E-state index contributed by atoms with van der Waals surface area (Å²) in [5.74, 6) is 2.55. The number of fused-ring (bicyclic) bond motifs is 1. The minimum Gasteiger partial charge on any atom is -0.394 e. The molecule has 228 valence electrons. The van der Waals surface area contributed by atoms with Crippen molar-refractivity contribution in [3.05, 3.63) is 42.2 Å². The third kappa shape index (κ3) is 6.61. The van der Waals surface area contributed by atoms with Gasteiger partial charge in [-0.1, -0.05) is 19.9 Å². The Morgan fingerprint density at radius 1 is 1.12 bits per heavy atom. The van der Waals surface area contributed by atoms with Crippen LogP contribution in [0.4, 0.5) is 23.3 Å². The van der Waals surface area contributed by atoms with E-state index in [9.17, 15) is 13.5 Å². The van der Waals surface area contributed by atoms with Crippen molar-refractivity contribution in [1.29, 1.82) is 0 Å². The fourth-order valence-corrected chi connectivity index (χ4v) is 7.23. The van der Waals surface area contributed by atoms with E-state index in [2.05, 4.69) is 59.1 Å². The first-order valence-electron chi connectivity index (χ1n) is 14.5. The molecule has 0 radical (unpaired) electrons. The van der Waals surface area contributed by atoms with Crippen molar-refractivity contribution in [2.24, 2.45) is 5.92 Å². The molecule has 0 bridgehead atoms. The fraction of sp³-hybridized carbons (Fsp3) is 0.567. The Balaban J connectivity index is 1.37. The second kappa shape index (κ2) is 12.7. The average Bonchev–Trinajstić information content (AvgIpc) is 2.96. The summed E-state index contributed by atoms with van der Waals surface area (Å²) < 4.78 is 35.2. The van der Waals surface area contributed by atoms with Crippen LogP contribution in [-0.4, -0.2) is 98.7 Å². The second-order valence-electron chi connectivity index (χ2n) is 11.7. The van der Waals surface area contributed by atoms with Crippen molar-refractivity contribution in [3.63, 3.8) is 0 Å². The SMILES string of the molecule is CO[C@H]1CCN(c2nccc(Nc3cc4c(C(C)C)ccc(N5C[C@H](CS(C)(=O)=O)[C@H]5C)c4cn3)n2)C[C@H]1OCCO. The number of aromatic nitrogens is 3. The first-order valence-corrected chi connectivity index (χ1v) is 16.6. The summed E-state index contributed by atoms with van der Waals surface area (Å²) in [6, 6.07) is 8.33. The number of ether oxygens (including phenoxy) is 2. The number of aliphatic hydroxyl groups excluding tert-OH is 1. The van der Waals surface area contributed by atoms with Gasteiger partial charge in [0.1, 0.15) is 27.6 Å². The topological polar surface area (TPSA) is 130 Å². The number of piperidine rings is 1. The van der Waals surface area contributed by atoms with Crippen molar-refractivity contribution in [2.45, 2.75) is 51.4 Å². The van der Waals surface area contributed by atoms with Gasteiger partial charge in [-0.2, -0.15) is 4.98 Å². The van der Waals surface area contributed by atoms with E-state index >= 15 is 0 Å². The molecule has 5 rings (SSSR count). The third-order valence-corrected chi connectivity index (χ3v) is 9.40. The van der Waals surface area contributed by atoms with Crippen molar-refractivity contribution in [2.75, 3.05) is 67.1 Å². The summed E-state index contributed by atoms with van der Waals surface area (Å²) in [4.78, 5) is 18.4. The number of hydrogen-bond acceptors (Lipinski definition) is 11. The van der Waals surface area contributed by atoms with E-state index in [4.69, 9.17) is 19.4 Å². The molecule has 1 aromatic carbocycles. The standard InChI is InChI=1S/C30H42N6O5S/c1-19(2)22-6-7-25(36-16-21(20(36)3)18-42(5,38)39)24-15-32-29(14-23(22)24)33-28-8-10-31-30(34-28)35-11-9-26(40-4)27(17-35)41-13-12-37/h6-8,10,14-15,19-21,26-27,37H,9,11-13,16-18H2,1-5H3,(H,31,32,33,34)/t20-,21-,26+,27-/m1/s1. The van der Waals surface area contributed by atoms with Gasteiger partial charge in [-0.15, -0.1) is 0 Å². The predicted molar refractivity (Wildman–Crippen MR) is 166 cm³/mol. The number of nitrogens with zero attached hydrogens (tertiary/aromatic N) is 5. The van der Waals surface area contributed by atoms with Gasteiger partial charge in [0.25, 0.3) is 0 Å². The molecule has 2 aliphatic heterocycles. The van der Waals surface area contributed by atoms with Gasteiger partial charge >= 0.3 is 0 Å². The summed E-state index contributed by atoms with van der Waals surface area (Å²) in [5, 5.41) is 14.7. The van der Waals surface area contributed by atoms with Gasteiger partial charge in [0.15, 0.2) is 0 Å². The molecule has 42 heavy (non-hydrogen) atoms. The van der Waals surface area contributed by atoms with E-state index in [1.165, 1.54) is 11.8 Å². The zero-order chi connectivity index (χ0) is 30.0. The van der Waals surface area contributed by atoms with Crippen molar-refractivity contribution >= 4 is 43.9 Å². The van der Waals surface area contributed by atoms with Gasteiger partial charge in [0.05, 0.1) is 25.1 Å². The summed E-state index contributed by atoms with van der Waals surface area (Å²) in [6.45, 7) is 8.67. The number of rotatable bonds is 11. The summed E-state index contributed by atoms with van der Waals surface area (Å²) in [5.41, 5.74) is 2.30. The van der Waals surface area contributed by atoms with Crippen LogP contribution in [-0.2, 0) is 19.3 Å². The molecule has 0 amide bonds. The number of nitrogens with one attached hydrogen (secondary N) is 1. The van der Waals surface area contributed by atoms with E-state index < -0.39 is 9.84 Å². The van der Waals surface area contributed by atoms with Gasteiger partial charge in [-0.25, -0.2) is 18.4 Å². The van der Waals surface area contributed by atoms with Gasteiger partial charge in [0.2, 0.25) is 5.95 Å². The molecule has 2 N–H and O–H groups in total. The lowest BCUT2D eigenvalue weighted by Gasteiger charge is -2.48. The number of hydrogen-bond donors (Lipinski definition) is 2. The molecule has 2 aliphatic rings. The predicted octanol–water partition coefficient (Wildman–Crippen LogP) is 3.36. The smallest absolute Gasteiger partial charge is 0.227 e. The van der Waals surface area contributed by atoms with Crippen LogP contribution in [0.15, 0.2) is 36.7 Å². The maximum absolute atomic E-state index is 11.9. The number of benzene rings is 1. The number of anilines is 4. The van der Waals surface area contributed by atoms with Gasteiger partial charge in [0, 0.05) is 68.4 Å². The summed E-state index contributed by atoms with van der Waals surface area (Å²) >= 11 is 0. The fourth-order valence-electron chi connectivity index (χ4n) is 6.07. The number of methoxy groups -OCH3 is 1. The number of sulfone groups is 1. The van der Waals surface area contributed by atoms with Crippen LogP contribution >= 0.6 is 0 Å². The van der Waals surface area contributed by atoms with Crippen LogP contribution in [0.5, 0.6) is 0 Å². The normalized spacial score (nSPS) is 22.9. The molecule has 4 heterocycles. The molecule has 0 unspecified atom stereocenters. The lowest BCUT2D eigenvalue weighted by Crippen LogP contribution is -2.57. The largest absolute Gasteiger partial charge is 0.394 e. The minimum atomic E-state index is -3.02. The Morgan fingerprint density at radius 3 is 2.62 bits per heavy atom. The van der Waals surface area contributed by atoms with E-state index in [1.54, 1.807) is 13.3 Å². The van der Waals surface area contributed by atoms with E-state index in [-0.39, 0.29) is 43.1 Å². The molecular formula is C30H42N6O5S. The maximum atomic E-state index is 11.9. The van der Waals surface area contributed by atoms with E-state index in [0.29, 0.717) is 36.6 Å². The van der Waals surface area contributed by atoms with Crippen molar-refractivity contribution in [3.8, 4) is 0 Å². The minimum absolute atomic E-state index is 0.0393. The highest BCUT2D eigenvalue weighted by atomic mass is 32.2. The van der Waals surface area contributed by atoms with Gasteiger partial charge < -0.3 is 29.7 Å². The van der Waals surface area contributed by atoms with Crippen LogP contribution in [0.1, 0.15) is 38.7 Å². The van der Waals surface area contributed by atoms with Gasteiger partial charge in [-0.05, 0) is 48.4 Å². The Kier molecular flexibility index (Phi) is 9.17. The zero-order valence-corrected chi connectivity index (χ0v) is 25.8. The van der Waals surface area contributed by atoms with Crippen LogP contribution in [0, 0.1) is 5.92 Å². The second-order valence-corrected chi connectivity index (χ2v) is 13.9. The Hall–Kier alpha value is -3.06. The number of aliphatic hydroxyl groups is 1. The molecule has 4 atom stereocenters.